The quantitative estimate of drug-likeness (QED) is 0.411. The highest BCUT2D eigenvalue weighted by atomic mass is 13.9. The molecule has 0 aromatic rings. The lowest BCUT2D eigenvalue weighted by Crippen LogP contribution is -1.71. The van der Waals surface area contributed by atoms with Gasteiger partial charge in [-0.15, -0.1) is 0 Å². The predicted molar refractivity (Wildman–Crippen MR) is 52.7 cm³/mol. The molecule has 0 aliphatic rings. The van der Waals surface area contributed by atoms with Gasteiger partial charge in [-0.2, -0.15) is 0 Å². The summed E-state index contributed by atoms with van der Waals surface area (Å²) in [7, 11) is 0. The van der Waals surface area contributed by atoms with Crippen LogP contribution in [0.3, 0.4) is 0 Å². The van der Waals surface area contributed by atoms with Crippen molar-refractivity contribution in [2.75, 3.05) is 0 Å². The molecule has 0 heterocycles. The minimum atomic E-state index is 1.14. The van der Waals surface area contributed by atoms with Crippen LogP contribution in [-0.2, 0) is 0 Å². The van der Waals surface area contributed by atoms with Crippen molar-refractivity contribution in [1.82, 2.24) is 0 Å². The Bertz CT molecular complexity index is 129. The number of unbranched alkanes of at least 4 members (excludes halogenated alkanes) is 2. The first kappa shape index (κ1) is 10.5. The molecule has 0 rings (SSSR count). The smallest absolute Gasteiger partial charge is 0.0345 e. The standard InChI is InChI=1S/C11H20/c1-4-6-8-10-11(3)9-7-5-2/h7,9-10H,4-6,8H2,1-3H3. The Kier molecular flexibility index (Phi) is 7.23. The van der Waals surface area contributed by atoms with Gasteiger partial charge in [-0.05, 0) is 19.8 Å². The van der Waals surface area contributed by atoms with Crippen LogP contribution in [0, 0.1) is 0 Å². The van der Waals surface area contributed by atoms with E-state index >= 15 is 0 Å². The van der Waals surface area contributed by atoms with Crippen molar-refractivity contribution >= 4 is 0 Å². The van der Waals surface area contributed by atoms with Gasteiger partial charge in [-0.1, -0.05) is 50.5 Å². The maximum absolute atomic E-state index is 2.32. The summed E-state index contributed by atoms with van der Waals surface area (Å²) in [5, 5.41) is 0. The van der Waals surface area contributed by atoms with Gasteiger partial charge < -0.3 is 0 Å². The van der Waals surface area contributed by atoms with Crippen LogP contribution in [0.2, 0.25) is 0 Å². The second-order valence-electron chi connectivity index (χ2n) is 2.90. The van der Waals surface area contributed by atoms with Crippen LogP contribution >= 0.6 is 0 Å². The highest BCUT2D eigenvalue weighted by Gasteiger charge is 1.81. The van der Waals surface area contributed by atoms with E-state index in [0.29, 0.717) is 0 Å². The Hall–Kier alpha value is -0.520. The topological polar surface area (TPSA) is 0 Å². The first-order valence-corrected chi connectivity index (χ1v) is 4.64. The monoisotopic (exact) mass is 152 g/mol. The summed E-state index contributed by atoms with van der Waals surface area (Å²) >= 11 is 0. The predicted octanol–water partition coefficient (Wildman–Crippen LogP) is 4.09. The molecule has 0 spiro atoms. The molecular formula is C11H20. The third kappa shape index (κ3) is 7.38. The fraction of sp³-hybridized carbons (Fsp3) is 0.636. The molecule has 0 aromatic carbocycles. The molecule has 0 atom stereocenters. The van der Waals surface area contributed by atoms with E-state index in [0.717, 1.165) is 6.42 Å². The highest BCUT2D eigenvalue weighted by Crippen LogP contribution is 2.02. The summed E-state index contributed by atoms with van der Waals surface area (Å²) in [5.41, 5.74) is 1.40. The summed E-state index contributed by atoms with van der Waals surface area (Å²) in [5.74, 6) is 0. The maximum atomic E-state index is 2.32. The zero-order chi connectivity index (χ0) is 8.53. The lowest BCUT2D eigenvalue weighted by molar-refractivity contribution is 0.812. The van der Waals surface area contributed by atoms with Gasteiger partial charge in [0.1, 0.15) is 0 Å². The van der Waals surface area contributed by atoms with E-state index < -0.39 is 0 Å². The van der Waals surface area contributed by atoms with Crippen LogP contribution in [0.5, 0.6) is 0 Å². The van der Waals surface area contributed by atoms with E-state index in [-0.39, 0.29) is 0 Å². The van der Waals surface area contributed by atoms with Crippen LogP contribution in [0.1, 0.15) is 46.5 Å². The molecule has 0 unspecified atom stereocenters. The van der Waals surface area contributed by atoms with Crippen LogP contribution in [0.4, 0.5) is 0 Å². The van der Waals surface area contributed by atoms with Gasteiger partial charge in [0, 0.05) is 0 Å². The molecule has 0 radical (unpaired) electrons. The minimum absolute atomic E-state index is 1.14. The van der Waals surface area contributed by atoms with Gasteiger partial charge in [-0.25, -0.2) is 0 Å². The van der Waals surface area contributed by atoms with Crippen LogP contribution in [0.25, 0.3) is 0 Å². The number of allylic oxidation sites excluding steroid dienone is 4. The first-order chi connectivity index (χ1) is 5.31. The van der Waals surface area contributed by atoms with Crippen molar-refractivity contribution in [2.24, 2.45) is 0 Å². The molecule has 0 aromatic heterocycles. The summed E-state index contributed by atoms with van der Waals surface area (Å²) in [4.78, 5) is 0. The largest absolute Gasteiger partial charge is 0.0846 e. The van der Waals surface area contributed by atoms with Crippen molar-refractivity contribution in [3.63, 3.8) is 0 Å². The summed E-state index contributed by atoms with van der Waals surface area (Å²) < 4.78 is 0. The minimum Gasteiger partial charge on any atom is -0.0846 e. The molecule has 0 saturated heterocycles. The van der Waals surface area contributed by atoms with Crippen LogP contribution in [0.15, 0.2) is 23.8 Å². The molecule has 0 bridgehead atoms. The SMILES string of the molecule is CCC=CC(C)=CCCCC. The Morgan fingerprint density at radius 1 is 1.27 bits per heavy atom. The maximum Gasteiger partial charge on any atom is -0.0345 e. The Morgan fingerprint density at radius 2 is 2.00 bits per heavy atom. The van der Waals surface area contributed by atoms with E-state index in [9.17, 15) is 0 Å². The fourth-order valence-corrected chi connectivity index (χ4v) is 0.906. The van der Waals surface area contributed by atoms with E-state index in [1.54, 1.807) is 0 Å². The molecule has 0 aliphatic heterocycles. The molecular weight excluding hydrogens is 132 g/mol. The van der Waals surface area contributed by atoms with E-state index in [4.69, 9.17) is 0 Å². The second-order valence-corrected chi connectivity index (χ2v) is 2.90. The van der Waals surface area contributed by atoms with Gasteiger partial charge in [-0.3, -0.25) is 0 Å². The number of rotatable bonds is 5. The number of hydrogen-bond acceptors (Lipinski definition) is 0. The first-order valence-electron chi connectivity index (χ1n) is 4.64. The molecule has 0 N–H and O–H groups in total. The number of hydrogen-bond donors (Lipinski definition) is 0. The van der Waals surface area contributed by atoms with E-state index in [1.807, 2.05) is 0 Å². The molecule has 0 fully saturated rings. The fourth-order valence-electron chi connectivity index (χ4n) is 0.906. The van der Waals surface area contributed by atoms with Gasteiger partial charge in [0.05, 0.1) is 0 Å². The summed E-state index contributed by atoms with van der Waals surface area (Å²) in [6.45, 7) is 6.56. The average Bonchev–Trinajstić information content (AvgIpc) is 2.01. The van der Waals surface area contributed by atoms with Gasteiger partial charge in [0.25, 0.3) is 0 Å². The summed E-state index contributed by atoms with van der Waals surface area (Å²) in [6.07, 6.45) is 11.7. The molecule has 64 valence electrons. The van der Waals surface area contributed by atoms with Gasteiger partial charge >= 0.3 is 0 Å². The highest BCUT2D eigenvalue weighted by molar-refractivity contribution is 5.15. The van der Waals surface area contributed by atoms with Crippen LogP contribution in [-0.4, -0.2) is 0 Å². The molecule has 0 heteroatoms. The molecule has 0 amide bonds. The van der Waals surface area contributed by atoms with E-state index in [1.165, 1.54) is 24.8 Å². The Labute approximate surface area is 71.0 Å². The van der Waals surface area contributed by atoms with Gasteiger partial charge in [0.15, 0.2) is 0 Å². The lowest BCUT2D eigenvalue weighted by atomic mass is 10.2. The van der Waals surface area contributed by atoms with E-state index in [2.05, 4.69) is 39.0 Å². The molecule has 11 heavy (non-hydrogen) atoms. The second kappa shape index (κ2) is 7.59. The Morgan fingerprint density at radius 3 is 2.55 bits per heavy atom. The Balaban J connectivity index is 3.53. The van der Waals surface area contributed by atoms with Crippen molar-refractivity contribution in [1.29, 1.82) is 0 Å². The molecule has 0 saturated carbocycles. The average molecular weight is 152 g/mol. The van der Waals surface area contributed by atoms with Crippen molar-refractivity contribution in [3.05, 3.63) is 23.8 Å². The zero-order valence-electron chi connectivity index (χ0n) is 8.06. The normalized spacial score (nSPS) is 12.8. The van der Waals surface area contributed by atoms with Gasteiger partial charge in [0.2, 0.25) is 0 Å². The molecule has 0 nitrogen and oxygen atoms in total. The molecule has 0 aliphatic carbocycles. The van der Waals surface area contributed by atoms with Crippen molar-refractivity contribution < 1.29 is 0 Å². The lowest BCUT2D eigenvalue weighted by Gasteiger charge is -1.92. The summed E-state index contributed by atoms with van der Waals surface area (Å²) in [6, 6.07) is 0. The zero-order valence-corrected chi connectivity index (χ0v) is 8.06. The van der Waals surface area contributed by atoms with Crippen LogP contribution < -0.4 is 0 Å². The van der Waals surface area contributed by atoms with Crippen molar-refractivity contribution in [2.45, 2.75) is 46.5 Å². The third-order valence-electron chi connectivity index (χ3n) is 1.64. The third-order valence-corrected chi connectivity index (χ3v) is 1.64. The van der Waals surface area contributed by atoms with Crippen molar-refractivity contribution in [3.8, 4) is 0 Å².